The number of carbonyl (C=O) groups is 3. The number of methoxy groups -OCH3 is 1. The fourth-order valence-electron chi connectivity index (χ4n) is 3.85. The van der Waals surface area contributed by atoms with Gasteiger partial charge in [-0.15, -0.1) is 0 Å². The molecule has 2 aromatic carbocycles. The fraction of sp³-hybridized carbons (Fsp3) is 0.320. The molecule has 1 aliphatic rings. The normalized spacial score (nSPS) is 14.4. The lowest BCUT2D eigenvalue weighted by atomic mass is 10.0. The predicted octanol–water partition coefficient (Wildman–Crippen LogP) is 0.918. The Hall–Kier alpha value is -4.66. The molecule has 216 valence electrons. The number of hydrogen-bond acceptors (Lipinski definition) is 10. The number of amides is 2. The summed E-state index contributed by atoms with van der Waals surface area (Å²) in [5.41, 5.74) is 0.241. The molecule has 0 radical (unpaired) electrons. The third kappa shape index (κ3) is 7.47. The molecule has 0 saturated heterocycles. The monoisotopic (exact) mass is 578 g/mol. The Morgan fingerprint density at radius 2 is 1.82 bits per heavy atom. The number of unbranched alkanes of at least 4 members (excludes halogenated alkanes) is 1. The average molecular weight is 579 g/mol. The first-order valence-electron chi connectivity index (χ1n) is 12.1. The van der Waals surface area contributed by atoms with Crippen molar-refractivity contribution in [1.29, 1.82) is 0 Å². The van der Waals surface area contributed by atoms with Crippen LogP contribution in [0, 0.1) is 0 Å². The molecule has 0 saturated carbocycles. The van der Waals surface area contributed by atoms with E-state index in [4.69, 9.17) is 4.74 Å². The molecule has 1 aliphatic heterocycles. The zero-order valence-electron chi connectivity index (χ0n) is 21.7. The molecule has 0 aromatic heterocycles. The van der Waals surface area contributed by atoms with Crippen LogP contribution in [0.4, 0.5) is 5.69 Å². The third-order valence-corrected chi connectivity index (χ3v) is 6.95. The van der Waals surface area contributed by atoms with E-state index in [0.29, 0.717) is 22.7 Å². The van der Waals surface area contributed by atoms with Crippen LogP contribution in [0.25, 0.3) is 0 Å². The van der Waals surface area contributed by atoms with Gasteiger partial charge in [0.05, 0.1) is 19.9 Å². The molecule has 3 rings (SSSR count). The number of nitrogens with zero attached hydrogens (tertiary/aromatic N) is 1. The number of nitrogens with one attached hydrogen (secondary N) is 3. The number of rotatable bonds is 12. The van der Waals surface area contributed by atoms with Crippen LogP contribution in [0.1, 0.15) is 35.7 Å². The number of aliphatic hydroxyl groups is 1. The van der Waals surface area contributed by atoms with Crippen molar-refractivity contribution in [3.05, 3.63) is 59.6 Å². The largest absolute Gasteiger partial charge is 0.507 e. The predicted molar refractivity (Wildman–Crippen MR) is 142 cm³/mol. The van der Waals surface area contributed by atoms with Crippen molar-refractivity contribution in [3.63, 3.8) is 0 Å². The molecule has 15 heteroatoms. The molecule has 40 heavy (non-hydrogen) atoms. The number of phenols is 2. The number of anilines is 1. The Kier molecular flexibility index (Phi) is 9.66. The van der Waals surface area contributed by atoms with E-state index in [0.717, 1.165) is 6.20 Å². The van der Waals surface area contributed by atoms with Crippen LogP contribution < -0.4 is 24.4 Å². The van der Waals surface area contributed by atoms with Crippen molar-refractivity contribution in [2.75, 3.05) is 24.6 Å². The molecule has 6 N–H and O–H groups in total. The highest BCUT2D eigenvalue weighted by molar-refractivity contribution is 7.91. The maximum absolute atomic E-state index is 12.8. The van der Waals surface area contributed by atoms with Crippen molar-refractivity contribution in [2.24, 2.45) is 0 Å². The summed E-state index contributed by atoms with van der Waals surface area (Å²) in [5.74, 6) is -2.78. The molecule has 0 fully saturated rings. The summed E-state index contributed by atoms with van der Waals surface area (Å²) in [4.78, 5) is 36.4. The van der Waals surface area contributed by atoms with E-state index in [-0.39, 0.29) is 42.3 Å². The highest BCUT2D eigenvalue weighted by Gasteiger charge is 2.31. The summed E-state index contributed by atoms with van der Waals surface area (Å²) in [5, 5.41) is 35.0. The van der Waals surface area contributed by atoms with Gasteiger partial charge in [-0.1, -0.05) is 12.1 Å². The van der Waals surface area contributed by atoms with Crippen LogP contribution in [0.15, 0.2) is 48.5 Å². The van der Waals surface area contributed by atoms with Crippen molar-refractivity contribution >= 4 is 33.7 Å². The minimum atomic E-state index is -4.10. The van der Waals surface area contributed by atoms with E-state index >= 15 is 0 Å². The van der Waals surface area contributed by atoms with Gasteiger partial charge in [-0.3, -0.25) is 9.59 Å². The molecule has 1 heterocycles. The van der Waals surface area contributed by atoms with Gasteiger partial charge in [-0.2, -0.15) is 8.42 Å². The van der Waals surface area contributed by atoms with Crippen molar-refractivity contribution in [1.82, 2.24) is 15.4 Å². The number of phenolic OH excluding ortho intramolecular Hbond substituents is 2. The van der Waals surface area contributed by atoms with E-state index in [1.807, 2.05) is 4.72 Å². The number of hydrogen-bond donors (Lipinski definition) is 6. The Labute approximate surface area is 230 Å². The molecule has 0 aliphatic carbocycles. The lowest BCUT2D eigenvalue weighted by Crippen LogP contribution is -2.47. The van der Waals surface area contributed by atoms with E-state index in [2.05, 4.69) is 15.4 Å². The number of aliphatic hydroxyl groups excluding tert-OH is 1. The number of aromatic hydroxyl groups is 2. The first kappa shape index (κ1) is 29.9. The van der Waals surface area contributed by atoms with Crippen LogP contribution in [-0.4, -0.2) is 67.8 Å². The maximum atomic E-state index is 12.8. The van der Waals surface area contributed by atoms with Gasteiger partial charge in [0, 0.05) is 19.9 Å². The second-order valence-electron chi connectivity index (χ2n) is 8.69. The zero-order valence-corrected chi connectivity index (χ0v) is 22.5. The molecule has 14 nitrogen and oxygen atoms in total. The molecule has 2 aromatic rings. The number of benzene rings is 2. The van der Waals surface area contributed by atoms with Crippen LogP contribution in [0.2, 0.25) is 0 Å². The van der Waals surface area contributed by atoms with E-state index in [9.17, 15) is 38.1 Å². The summed E-state index contributed by atoms with van der Waals surface area (Å²) in [6.45, 7) is 1.70. The van der Waals surface area contributed by atoms with Crippen molar-refractivity contribution < 1.29 is 47.6 Å². The van der Waals surface area contributed by atoms with Gasteiger partial charge in [-0.25, -0.2) is 13.8 Å². The molecule has 0 spiro atoms. The quantitative estimate of drug-likeness (QED) is 0.155. The van der Waals surface area contributed by atoms with E-state index < -0.39 is 45.7 Å². The molecular weight excluding hydrogens is 548 g/mol. The number of ether oxygens (including phenoxy) is 2. The lowest BCUT2D eigenvalue weighted by Gasteiger charge is -2.19. The Morgan fingerprint density at radius 3 is 2.45 bits per heavy atom. The standard InChI is InChI=1S/C25H30N4O10S/c1-15(30)27-17(12-16-8-9-18(20(32)13-16)29-14-22(33)28-40(29,36)37)24(34)26-10-3-4-11-39-21-7-5-6-19(31)23(21)25(35)38-2/h5-9,13-14,17,28,31-33H,3-4,10-12H2,1-2H3,(H,26,34)(H,27,30)/t17-/m0/s1. The molecule has 1 atom stereocenters. The van der Waals surface area contributed by atoms with Gasteiger partial charge in [0.25, 0.3) is 0 Å². The average Bonchev–Trinajstić information content (AvgIpc) is 3.16. The van der Waals surface area contributed by atoms with Crippen LogP contribution >= 0.6 is 0 Å². The SMILES string of the molecule is COC(=O)c1c(O)cccc1OCCCCNC(=O)[C@H](Cc1ccc(N2C=C(O)NS2(=O)=O)c(O)c1)NC(C)=O. The second-order valence-corrected chi connectivity index (χ2v) is 10.2. The smallest absolute Gasteiger partial charge is 0.345 e. The van der Waals surface area contributed by atoms with Gasteiger partial charge in [0.15, 0.2) is 0 Å². The lowest BCUT2D eigenvalue weighted by molar-refractivity contribution is -0.128. The minimum absolute atomic E-state index is 0.00224. The number of esters is 1. The van der Waals surface area contributed by atoms with Gasteiger partial charge in [-0.05, 0) is 42.7 Å². The Balaban J connectivity index is 1.54. The Bertz CT molecular complexity index is 1410. The third-order valence-electron chi connectivity index (χ3n) is 5.66. The summed E-state index contributed by atoms with van der Waals surface area (Å²) in [6, 6.07) is 7.47. The van der Waals surface area contributed by atoms with Crippen LogP contribution in [0.5, 0.6) is 17.2 Å². The first-order valence-corrected chi connectivity index (χ1v) is 13.5. The Morgan fingerprint density at radius 1 is 1.07 bits per heavy atom. The summed E-state index contributed by atoms with van der Waals surface area (Å²) in [6.07, 6.45) is 1.89. The summed E-state index contributed by atoms with van der Waals surface area (Å²) in [7, 11) is -2.91. The van der Waals surface area contributed by atoms with Gasteiger partial charge in [0.1, 0.15) is 34.5 Å². The highest BCUT2D eigenvalue weighted by atomic mass is 32.2. The minimum Gasteiger partial charge on any atom is -0.507 e. The van der Waals surface area contributed by atoms with Gasteiger partial charge in [0.2, 0.25) is 17.7 Å². The first-order chi connectivity index (χ1) is 18.9. The maximum Gasteiger partial charge on any atom is 0.345 e. The fourth-order valence-corrected chi connectivity index (χ4v) is 4.92. The topological polar surface area (TPSA) is 204 Å². The molecular formula is C25H30N4O10S. The van der Waals surface area contributed by atoms with Crippen LogP contribution in [-0.2, 0) is 31.0 Å². The van der Waals surface area contributed by atoms with Crippen LogP contribution in [0.3, 0.4) is 0 Å². The van der Waals surface area contributed by atoms with Gasteiger partial charge < -0.3 is 35.4 Å². The van der Waals surface area contributed by atoms with Crippen molar-refractivity contribution in [3.8, 4) is 17.2 Å². The van der Waals surface area contributed by atoms with Gasteiger partial charge >= 0.3 is 16.2 Å². The summed E-state index contributed by atoms with van der Waals surface area (Å²) >= 11 is 0. The van der Waals surface area contributed by atoms with Crippen molar-refractivity contribution in [2.45, 2.75) is 32.2 Å². The van der Waals surface area contributed by atoms with E-state index in [1.54, 1.807) is 0 Å². The highest BCUT2D eigenvalue weighted by Crippen LogP contribution is 2.33. The molecule has 0 bridgehead atoms. The molecule has 2 amide bonds. The van der Waals surface area contributed by atoms with E-state index in [1.165, 1.54) is 50.4 Å². The second kappa shape index (κ2) is 12.9. The molecule has 0 unspecified atom stereocenters. The number of carbonyl (C=O) groups excluding carboxylic acids is 3. The zero-order chi connectivity index (χ0) is 29.4. The summed E-state index contributed by atoms with van der Waals surface area (Å²) < 4.78 is 36.9.